The SMILES string of the molecule is CC1CCCC(N(Cc2ccc3c(c2)OCO3)C(=O)c2ccnc(F)c2)C1C. The Hall–Kier alpha value is -2.63. The molecular weight excluding hydrogens is 359 g/mol. The highest BCUT2D eigenvalue weighted by Crippen LogP contribution is 2.36. The van der Waals surface area contributed by atoms with Crippen molar-refractivity contribution in [3.05, 3.63) is 53.6 Å². The molecule has 0 N–H and O–H groups in total. The second kappa shape index (κ2) is 7.78. The maximum Gasteiger partial charge on any atom is 0.254 e. The van der Waals surface area contributed by atoms with Crippen LogP contribution in [-0.4, -0.2) is 28.6 Å². The lowest BCUT2D eigenvalue weighted by Gasteiger charge is -2.41. The Morgan fingerprint density at radius 2 is 2.00 bits per heavy atom. The zero-order valence-corrected chi connectivity index (χ0v) is 16.2. The quantitative estimate of drug-likeness (QED) is 0.733. The first-order valence-corrected chi connectivity index (χ1v) is 9.84. The highest BCUT2D eigenvalue weighted by atomic mass is 19.1. The van der Waals surface area contributed by atoms with Crippen molar-refractivity contribution in [2.24, 2.45) is 11.8 Å². The number of hydrogen-bond donors (Lipinski definition) is 0. The Bertz CT molecular complexity index is 873. The van der Waals surface area contributed by atoms with Gasteiger partial charge in [-0.15, -0.1) is 0 Å². The number of fused-ring (bicyclic) bond motifs is 1. The second-order valence-electron chi connectivity index (χ2n) is 7.82. The van der Waals surface area contributed by atoms with E-state index in [4.69, 9.17) is 9.47 Å². The zero-order valence-electron chi connectivity index (χ0n) is 16.2. The van der Waals surface area contributed by atoms with Gasteiger partial charge >= 0.3 is 0 Å². The minimum absolute atomic E-state index is 0.109. The molecule has 1 fully saturated rings. The van der Waals surface area contributed by atoms with Gasteiger partial charge < -0.3 is 14.4 Å². The summed E-state index contributed by atoms with van der Waals surface area (Å²) in [6.45, 7) is 5.11. The molecule has 6 heteroatoms. The van der Waals surface area contributed by atoms with Gasteiger partial charge in [0.05, 0.1) is 0 Å². The van der Waals surface area contributed by atoms with Crippen molar-refractivity contribution in [2.75, 3.05) is 6.79 Å². The predicted molar refractivity (Wildman–Crippen MR) is 103 cm³/mol. The molecule has 0 spiro atoms. The third-order valence-electron chi connectivity index (χ3n) is 6.09. The molecule has 1 aliphatic carbocycles. The topological polar surface area (TPSA) is 51.7 Å². The number of benzene rings is 1. The van der Waals surface area contributed by atoms with E-state index in [0.29, 0.717) is 29.7 Å². The largest absolute Gasteiger partial charge is 0.454 e. The summed E-state index contributed by atoms with van der Waals surface area (Å²) in [7, 11) is 0. The van der Waals surface area contributed by atoms with Crippen molar-refractivity contribution < 1.29 is 18.7 Å². The maximum atomic E-state index is 13.6. The molecule has 148 valence electrons. The van der Waals surface area contributed by atoms with Crippen LogP contribution in [-0.2, 0) is 6.54 Å². The van der Waals surface area contributed by atoms with E-state index in [9.17, 15) is 9.18 Å². The van der Waals surface area contributed by atoms with Gasteiger partial charge in [-0.05, 0) is 42.0 Å². The van der Waals surface area contributed by atoms with Crippen molar-refractivity contribution in [1.82, 2.24) is 9.88 Å². The average Bonchev–Trinajstić information content (AvgIpc) is 3.16. The number of carbonyl (C=O) groups is 1. The number of halogens is 1. The molecule has 0 saturated heterocycles. The lowest BCUT2D eigenvalue weighted by Crippen LogP contribution is -2.46. The lowest BCUT2D eigenvalue weighted by molar-refractivity contribution is 0.0448. The van der Waals surface area contributed by atoms with Crippen LogP contribution >= 0.6 is 0 Å². The van der Waals surface area contributed by atoms with Crippen LogP contribution < -0.4 is 9.47 Å². The van der Waals surface area contributed by atoms with E-state index < -0.39 is 5.95 Å². The Labute approximate surface area is 164 Å². The molecular formula is C22H25FN2O3. The lowest BCUT2D eigenvalue weighted by atomic mass is 9.77. The van der Waals surface area contributed by atoms with E-state index in [0.717, 1.165) is 24.2 Å². The van der Waals surface area contributed by atoms with Gasteiger partial charge in [-0.25, -0.2) is 4.98 Å². The van der Waals surface area contributed by atoms with Crippen molar-refractivity contribution >= 4 is 5.91 Å². The zero-order chi connectivity index (χ0) is 19.7. The number of ether oxygens (including phenoxy) is 2. The first-order chi connectivity index (χ1) is 13.5. The fourth-order valence-corrected chi connectivity index (χ4v) is 4.27. The minimum Gasteiger partial charge on any atom is -0.454 e. The van der Waals surface area contributed by atoms with Gasteiger partial charge in [0.2, 0.25) is 12.7 Å². The fraction of sp³-hybridized carbons (Fsp3) is 0.455. The predicted octanol–water partition coefficient (Wildman–Crippen LogP) is 4.42. The smallest absolute Gasteiger partial charge is 0.254 e. The summed E-state index contributed by atoms with van der Waals surface area (Å²) in [6.07, 6.45) is 4.56. The van der Waals surface area contributed by atoms with Crippen molar-refractivity contribution in [1.29, 1.82) is 0 Å². The molecule has 3 atom stereocenters. The standard InChI is InChI=1S/C22H25FN2O3/c1-14-4-3-5-18(15(14)2)25(22(26)17-8-9-24-21(23)11-17)12-16-6-7-19-20(10-16)28-13-27-19/h6-11,14-15,18H,3-5,12-13H2,1-2H3. The number of hydrogen-bond acceptors (Lipinski definition) is 4. The van der Waals surface area contributed by atoms with E-state index in [2.05, 4.69) is 18.8 Å². The van der Waals surface area contributed by atoms with Crippen LogP contribution in [0.1, 0.15) is 49.0 Å². The van der Waals surface area contributed by atoms with E-state index in [1.165, 1.54) is 18.7 Å². The van der Waals surface area contributed by atoms with Crippen LogP contribution in [0, 0.1) is 17.8 Å². The van der Waals surface area contributed by atoms with E-state index in [1.54, 1.807) is 6.07 Å². The summed E-state index contributed by atoms with van der Waals surface area (Å²) in [6, 6.07) is 8.66. The first kappa shape index (κ1) is 18.7. The summed E-state index contributed by atoms with van der Waals surface area (Å²) in [4.78, 5) is 18.8. The van der Waals surface area contributed by atoms with E-state index >= 15 is 0 Å². The van der Waals surface area contributed by atoms with Crippen molar-refractivity contribution in [3.8, 4) is 11.5 Å². The molecule has 28 heavy (non-hydrogen) atoms. The molecule has 2 aromatic rings. The van der Waals surface area contributed by atoms with Crippen LogP contribution in [0.2, 0.25) is 0 Å². The number of pyridine rings is 1. The highest BCUT2D eigenvalue weighted by molar-refractivity contribution is 5.94. The first-order valence-electron chi connectivity index (χ1n) is 9.84. The van der Waals surface area contributed by atoms with Gasteiger partial charge in [-0.3, -0.25) is 4.79 Å². The van der Waals surface area contributed by atoms with Gasteiger partial charge in [-0.1, -0.05) is 32.8 Å². The molecule has 2 heterocycles. The van der Waals surface area contributed by atoms with Crippen LogP contribution in [0.25, 0.3) is 0 Å². The summed E-state index contributed by atoms with van der Waals surface area (Å²) in [5, 5.41) is 0. The number of carbonyl (C=O) groups excluding carboxylic acids is 1. The number of amides is 1. The van der Waals surface area contributed by atoms with Crippen LogP contribution in [0.4, 0.5) is 4.39 Å². The van der Waals surface area contributed by atoms with Gasteiger partial charge in [-0.2, -0.15) is 4.39 Å². The van der Waals surface area contributed by atoms with Gasteiger partial charge in [0, 0.05) is 30.4 Å². The number of nitrogens with zero attached hydrogens (tertiary/aromatic N) is 2. The van der Waals surface area contributed by atoms with Gasteiger partial charge in [0.25, 0.3) is 5.91 Å². The molecule has 1 aromatic carbocycles. The molecule has 0 radical (unpaired) electrons. The Morgan fingerprint density at radius 3 is 2.82 bits per heavy atom. The molecule has 3 unspecified atom stereocenters. The summed E-state index contributed by atoms with van der Waals surface area (Å²) in [5.74, 6) is 1.53. The van der Waals surface area contributed by atoms with E-state index in [-0.39, 0.29) is 18.7 Å². The van der Waals surface area contributed by atoms with Gasteiger partial charge in [0.1, 0.15) is 0 Å². The van der Waals surface area contributed by atoms with Crippen LogP contribution in [0.5, 0.6) is 11.5 Å². The summed E-state index contributed by atoms with van der Waals surface area (Å²) >= 11 is 0. The van der Waals surface area contributed by atoms with E-state index in [1.807, 2.05) is 23.1 Å². The van der Waals surface area contributed by atoms with Crippen LogP contribution in [0.3, 0.4) is 0 Å². The molecule has 0 bridgehead atoms. The molecule has 2 aliphatic rings. The highest BCUT2D eigenvalue weighted by Gasteiger charge is 2.34. The third kappa shape index (κ3) is 3.68. The summed E-state index contributed by atoms with van der Waals surface area (Å²) < 4.78 is 24.5. The molecule has 1 saturated carbocycles. The molecule has 1 amide bonds. The van der Waals surface area contributed by atoms with Crippen molar-refractivity contribution in [3.63, 3.8) is 0 Å². The normalized spacial score (nSPS) is 23.5. The van der Waals surface area contributed by atoms with Crippen molar-refractivity contribution in [2.45, 2.75) is 45.7 Å². The second-order valence-corrected chi connectivity index (χ2v) is 7.82. The third-order valence-corrected chi connectivity index (χ3v) is 6.09. The molecule has 5 nitrogen and oxygen atoms in total. The number of aromatic nitrogens is 1. The fourth-order valence-electron chi connectivity index (χ4n) is 4.27. The Balaban J connectivity index is 1.65. The molecule has 4 rings (SSSR count). The Kier molecular flexibility index (Phi) is 5.20. The van der Waals surface area contributed by atoms with Crippen LogP contribution in [0.15, 0.2) is 36.5 Å². The summed E-state index contributed by atoms with van der Waals surface area (Å²) in [5.41, 5.74) is 1.30. The van der Waals surface area contributed by atoms with Gasteiger partial charge in [0.15, 0.2) is 11.5 Å². The minimum atomic E-state index is -0.640. The Morgan fingerprint density at radius 1 is 1.18 bits per heavy atom. The average molecular weight is 384 g/mol. The monoisotopic (exact) mass is 384 g/mol. The molecule has 1 aromatic heterocycles. The molecule has 1 aliphatic heterocycles. The number of rotatable bonds is 4. The maximum absolute atomic E-state index is 13.6.